The molecule has 0 atom stereocenters. The number of hydrogen-bond acceptors (Lipinski definition) is 4. The summed E-state index contributed by atoms with van der Waals surface area (Å²) in [4.78, 5) is 8.40. The van der Waals surface area contributed by atoms with Crippen LogP contribution in [0.4, 0.5) is 11.6 Å². The molecule has 0 aliphatic rings. The normalized spacial score (nSPS) is 10.5. The Hall–Kier alpha value is -2.10. The van der Waals surface area contributed by atoms with Gasteiger partial charge in [0.15, 0.2) is 0 Å². The molecule has 1 heterocycles. The third-order valence-corrected chi connectivity index (χ3v) is 2.67. The van der Waals surface area contributed by atoms with Crippen LogP contribution >= 0.6 is 0 Å². The number of nitrogens with zero attached hydrogens (tertiary/aromatic N) is 2. The van der Waals surface area contributed by atoms with E-state index in [0.29, 0.717) is 6.04 Å². The molecular weight excluding hydrogens is 236 g/mol. The molecule has 4 nitrogen and oxygen atoms in total. The number of benzene rings is 1. The number of aromatic nitrogens is 2. The molecule has 2 aromatic rings. The molecule has 19 heavy (non-hydrogen) atoms. The molecule has 0 amide bonds. The van der Waals surface area contributed by atoms with Crippen molar-refractivity contribution in [3.05, 3.63) is 48.3 Å². The molecule has 0 radical (unpaired) electrons. The van der Waals surface area contributed by atoms with Gasteiger partial charge in [0.05, 0.1) is 0 Å². The second-order valence-corrected chi connectivity index (χ2v) is 4.75. The van der Waals surface area contributed by atoms with Gasteiger partial charge >= 0.3 is 0 Å². The maximum Gasteiger partial charge on any atom is 0.131 e. The van der Waals surface area contributed by atoms with E-state index in [9.17, 15) is 0 Å². The molecule has 0 aliphatic carbocycles. The fraction of sp³-hybridized carbons (Fsp3) is 0.333. The average molecular weight is 256 g/mol. The molecule has 0 saturated heterocycles. The Labute approximate surface area is 114 Å². The van der Waals surface area contributed by atoms with Crippen LogP contribution in [0.3, 0.4) is 0 Å². The Balaban J connectivity index is 1.86. The molecule has 2 N–H and O–H groups in total. The highest BCUT2D eigenvalue weighted by Crippen LogP contribution is 2.09. The third kappa shape index (κ3) is 4.58. The molecule has 0 aliphatic heterocycles. The van der Waals surface area contributed by atoms with E-state index in [2.05, 4.69) is 58.7 Å². The van der Waals surface area contributed by atoms with Crippen LogP contribution < -0.4 is 10.6 Å². The number of anilines is 2. The van der Waals surface area contributed by atoms with Crippen molar-refractivity contribution in [1.82, 2.24) is 9.97 Å². The Morgan fingerprint density at radius 1 is 1.05 bits per heavy atom. The van der Waals surface area contributed by atoms with Crippen LogP contribution in [0.15, 0.2) is 42.7 Å². The maximum atomic E-state index is 4.22. The van der Waals surface area contributed by atoms with Gasteiger partial charge in [-0.25, -0.2) is 9.97 Å². The van der Waals surface area contributed by atoms with Gasteiger partial charge in [-0.2, -0.15) is 0 Å². The smallest absolute Gasteiger partial charge is 0.131 e. The first-order chi connectivity index (χ1) is 9.24. The fourth-order valence-corrected chi connectivity index (χ4v) is 1.81. The SMILES string of the molecule is CC(C)Nc1cc(NCCc2ccccc2)ncn1. The average Bonchev–Trinajstić information content (AvgIpc) is 2.40. The minimum absolute atomic E-state index is 0.368. The molecule has 0 unspecified atom stereocenters. The van der Waals surface area contributed by atoms with Gasteiger partial charge in [0, 0.05) is 18.7 Å². The second kappa shape index (κ2) is 6.73. The Morgan fingerprint density at radius 2 is 1.79 bits per heavy atom. The number of hydrogen-bond donors (Lipinski definition) is 2. The van der Waals surface area contributed by atoms with Gasteiger partial charge in [-0.05, 0) is 25.8 Å². The Morgan fingerprint density at radius 3 is 2.53 bits per heavy atom. The third-order valence-electron chi connectivity index (χ3n) is 2.67. The van der Waals surface area contributed by atoms with Crippen molar-refractivity contribution in [2.75, 3.05) is 17.2 Å². The van der Waals surface area contributed by atoms with E-state index >= 15 is 0 Å². The first-order valence-electron chi connectivity index (χ1n) is 6.60. The largest absolute Gasteiger partial charge is 0.370 e. The number of nitrogens with one attached hydrogen (secondary N) is 2. The summed E-state index contributed by atoms with van der Waals surface area (Å²) in [6.45, 7) is 5.04. The van der Waals surface area contributed by atoms with E-state index in [1.165, 1.54) is 5.56 Å². The predicted octanol–water partition coefficient (Wildman–Crippen LogP) is 2.95. The van der Waals surface area contributed by atoms with Crippen molar-refractivity contribution in [3.8, 4) is 0 Å². The molecule has 2 rings (SSSR count). The van der Waals surface area contributed by atoms with Gasteiger partial charge in [0.2, 0.25) is 0 Å². The molecule has 100 valence electrons. The van der Waals surface area contributed by atoms with Gasteiger partial charge in [0.1, 0.15) is 18.0 Å². The lowest BCUT2D eigenvalue weighted by atomic mass is 10.1. The summed E-state index contributed by atoms with van der Waals surface area (Å²) in [6.07, 6.45) is 2.56. The van der Waals surface area contributed by atoms with Crippen LogP contribution in [0.1, 0.15) is 19.4 Å². The molecule has 0 spiro atoms. The van der Waals surface area contributed by atoms with Crippen molar-refractivity contribution in [3.63, 3.8) is 0 Å². The summed E-state index contributed by atoms with van der Waals surface area (Å²) < 4.78 is 0. The summed E-state index contributed by atoms with van der Waals surface area (Å²) in [6, 6.07) is 12.7. The van der Waals surface area contributed by atoms with Crippen molar-refractivity contribution < 1.29 is 0 Å². The Kier molecular flexibility index (Phi) is 4.72. The minimum Gasteiger partial charge on any atom is -0.370 e. The molecular formula is C15H20N4. The van der Waals surface area contributed by atoms with Gasteiger partial charge in [0.25, 0.3) is 0 Å². The molecule has 1 aromatic heterocycles. The minimum atomic E-state index is 0.368. The first-order valence-corrected chi connectivity index (χ1v) is 6.60. The standard InChI is InChI=1S/C15H20N4/c1-12(2)19-15-10-14(17-11-18-15)16-9-8-13-6-4-3-5-7-13/h3-7,10-12H,8-9H2,1-2H3,(H2,16,17,18,19). The zero-order valence-corrected chi connectivity index (χ0v) is 11.4. The molecule has 0 bridgehead atoms. The van der Waals surface area contributed by atoms with Gasteiger partial charge in [-0.1, -0.05) is 30.3 Å². The number of rotatable bonds is 6. The lowest BCUT2D eigenvalue weighted by Crippen LogP contribution is -2.12. The predicted molar refractivity (Wildman–Crippen MR) is 79.4 cm³/mol. The molecule has 1 aromatic carbocycles. The van der Waals surface area contributed by atoms with Crippen molar-refractivity contribution in [2.24, 2.45) is 0 Å². The van der Waals surface area contributed by atoms with E-state index in [1.807, 2.05) is 12.1 Å². The zero-order chi connectivity index (χ0) is 13.5. The monoisotopic (exact) mass is 256 g/mol. The summed E-state index contributed by atoms with van der Waals surface area (Å²) in [7, 11) is 0. The topological polar surface area (TPSA) is 49.8 Å². The molecule has 4 heteroatoms. The van der Waals surface area contributed by atoms with Crippen molar-refractivity contribution in [1.29, 1.82) is 0 Å². The van der Waals surface area contributed by atoms with E-state index in [-0.39, 0.29) is 0 Å². The second-order valence-electron chi connectivity index (χ2n) is 4.75. The zero-order valence-electron chi connectivity index (χ0n) is 11.4. The summed E-state index contributed by atoms with van der Waals surface area (Å²) in [5.74, 6) is 1.71. The van der Waals surface area contributed by atoms with Crippen LogP contribution in [0, 0.1) is 0 Å². The van der Waals surface area contributed by atoms with Crippen LogP contribution in [0.5, 0.6) is 0 Å². The van der Waals surface area contributed by atoms with Crippen LogP contribution in [0.2, 0.25) is 0 Å². The van der Waals surface area contributed by atoms with Crippen molar-refractivity contribution >= 4 is 11.6 Å². The van der Waals surface area contributed by atoms with E-state index in [4.69, 9.17) is 0 Å². The molecule has 0 saturated carbocycles. The van der Waals surface area contributed by atoms with E-state index < -0.39 is 0 Å². The van der Waals surface area contributed by atoms with Crippen LogP contribution in [0.25, 0.3) is 0 Å². The van der Waals surface area contributed by atoms with Crippen molar-refractivity contribution in [2.45, 2.75) is 26.3 Å². The Bertz CT molecular complexity index is 497. The van der Waals surface area contributed by atoms with E-state index in [0.717, 1.165) is 24.6 Å². The highest BCUT2D eigenvalue weighted by molar-refractivity contribution is 5.46. The van der Waals surface area contributed by atoms with Gasteiger partial charge in [-0.15, -0.1) is 0 Å². The summed E-state index contributed by atoms with van der Waals surface area (Å²) in [5, 5.41) is 6.58. The quantitative estimate of drug-likeness (QED) is 0.834. The fourth-order valence-electron chi connectivity index (χ4n) is 1.81. The highest BCUT2D eigenvalue weighted by Gasteiger charge is 2.00. The maximum absolute atomic E-state index is 4.22. The highest BCUT2D eigenvalue weighted by atomic mass is 15.1. The van der Waals surface area contributed by atoms with Crippen LogP contribution in [-0.2, 0) is 6.42 Å². The lowest BCUT2D eigenvalue weighted by Gasteiger charge is -2.10. The van der Waals surface area contributed by atoms with Gasteiger partial charge < -0.3 is 10.6 Å². The molecule has 0 fully saturated rings. The van der Waals surface area contributed by atoms with Gasteiger partial charge in [-0.3, -0.25) is 0 Å². The lowest BCUT2D eigenvalue weighted by molar-refractivity contribution is 0.885. The summed E-state index contributed by atoms with van der Waals surface area (Å²) in [5.41, 5.74) is 1.32. The first kappa shape index (κ1) is 13.3. The summed E-state index contributed by atoms with van der Waals surface area (Å²) >= 11 is 0. The van der Waals surface area contributed by atoms with E-state index in [1.54, 1.807) is 6.33 Å². The van der Waals surface area contributed by atoms with Crippen LogP contribution in [-0.4, -0.2) is 22.6 Å².